The highest BCUT2D eigenvalue weighted by Crippen LogP contribution is 2.18. The van der Waals surface area contributed by atoms with Crippen molar-refractivity contribution in [2.45, 2.75) is 32.8 Å². The molecule has 0 spiro atoms. The van der Waals surface area contributed by atoms with Gasteiger partial charge in [0.1, 0.15) is 17.4 Å². The van der Waals surface area contributed by atoms with Gasteiger partial charge in [0, 0.05) is 5.69 Å². The molecule has 0 fully saturated rings. The number of amides is 1. The van der Waals surface area contributed by atoms with E-state index in [0.29, 0.717) is 11.3 Å². The fourth-order valence-electron chi connectivity index (χ4n) is 2.39. The van der Waals surface area contributed by atoms with Crippen LogP contribution >= 0.6 is 0 Å². The summed E-state index contributed by atoms with van der Waals surface area (Å²) in [7, 11) is 0. The Kier molecular flexibility index (Phi) is 7.50. The summed E-state index contributed by atoms with van der Waals surface area (Å²) in [6, 6.07) is 15.0. The zero-order valence-electron chi connectivity index (χ0n) is 14.9. The average Bonchev–Trinajstić information content (AvgIpc) is 2.66. The number of aryl methyl sites for hydroxylation is 1. The topological polar surface area (TPSA) is 62.1 Å². The van der Waals surface area contributed by atoms with Crippen LogP contribution in [0.2, 0.25) is 0 Å². The maximum atomic E-state index is 12.3. The van der Waals surface area contributed by atoms with Gasteiger partial charge in [-0.25, -0.2) is 0 Å². The molecule has 1 amide bonds. The van der Waals surface area contributed by atoms with Crippen LogP contribution in [-0.2, 0) is 11.2 Å². The first-order chi connectivity index (χ1) is 13.0. The number of nitrogens with one attached hydrogen (secondary N) is 1. The van der Waals surface area contributed by atoms with Gasteiger partial charge in [-0.15, -0.1) is 0 Å². The summed E-state index contributed by atoms with van der Waals surface area (Å²) in [6.45, 7) is -0.774. The number of halogens is 2. The Bertz CT molecular complexity index is 823. The Morgan fingerprint density at radius 1 is 1.19 bits per heavy atom. The van der Waals surface area contributed by atoms with Gasteiger partial charge in [0.15, 0.2) is 0 Å². The van der Waals surface area contributed by atoms with Gasteiger partial charge in [-0.3, -0.25) is 4.79 Å². The molecule has 0 heterocycles. The van der Waals surface area contributed by atoms with E-state index in [-0.39, 0.29) is 11.3 Å². The van der Waals surface area contributed by atoms with Crippen molar-refractivity contribution in [3.05, 3.63) is 65.2 Å². The number of nitrogens with zero attached hydrogens (tertiary/aromatic N) is 1. The first-order valence-corrected chi connectivity index (χ1v) is 8.58. The number of carbonyl (C=O) groups is 1. The molecule has 140 valence electrons. The van der Waals surface area contributed by atoms with Crippen LogP contribution < -0.4 is 10.1 Å². The number of rotatable bonds is 8. The third-order valence-corrected chi connectivity index (χ3v) is 3.81. The lowest BCUT2D eigenvalue weighted by atomic mass is 10.1. The van der Waals surface area contributed by atoms with Crippen molar-refractivity contribution in [3.8, 4) is 11.8 Å². The second kappa shape index (κ2) is 10.1. The van der Waals surface area contributed by atoms with Crippen LogP contribution in [0.25, 0.3) is 6.08 Å². The zero-order valence-corrected chi connectivity index (χ0v) is 14.9. The standard InChI is InChI=1S/C21H20F2N2O2/c1-2-3-4-15-5-9-18(10-6-15)25-20(26)17(14-24)13-16-7-11-19(12-8-16)27-21(22)23/h5-13,21H,2-4H2,1H3,(H,25,26)/b17-13+. The van der Waals surface area contributed by atoms with Crippen LogP contribution in [0.1, 0.15) is 30.9 Å². The van der Waals surface area contributed by atoms with Crippen LogP contribution in [0.15, 0.2) is 54.1 Å². The van der Waals surface area contributed by atoms with E-state index in [1.165, 1.54) is 35.9 Å². The van der Waals surface area contributed by atoms with Gasteiger partial charge in [-0.05, 0) is 54.3 Å². The maximum absolute atomic E-state index is 12.3. The van der Waals surface area contributed by atoms with E-state index in [2.05, 4.69) is 17.0 Å². The molecule has 0 aliphatic heterocycles. The van der Waals surface area contributed by atoms with Crippen molar-refractivity contribution >= 4 is 17.7 Å². The summed E-state index contributed by atoms with van der Waals surface area (Å²) in [4.78, 5) is 12.3. The fraction of sp³-hybridized carbons (Fsp3) is 0.238. The molecule has 0 unspecified atom stereocenters. The highest BCUT2D eigenvalue weighted by molar-refractivity contribution is 6.09. The molecule has 4 nitrogen and oxygen atoms in total. The normalized spacial score (nSPS) is 11.1. The lowest BCUT2D eigenvalue weighted by Crippen LogP contribution is -2.13. The summed E-state index contributed by atoms with van der Waals surface area (Å²) in [5.74, 6) is -0.528. The number of ether oxygens (including phenoxy) is 1. The maximum Gasteiger partial charge on any atom is 0.387 e. The largest absolute Gasteiger partial charge is 0.435 e. The lowest BCUT2D eigenvalue weighted by molar-refractivity contribution is -0.112. The Morgan fingerprint density at radius 2 is 1.85 bits per heavy atom. The van der Waals surface area contributed by atoms with Crippen molar-refractivity contribution < 1.29 is 18.3 Å². The minimum Gasteiger partial charge on any atom is -0.435 e. The monoisotopic (exact) mass is 370 g/mol. The molecule has 0 saturated heterocycles. The van der Waals surface area contributed by atoms with Gasteiger partial charge in [0.25, 0.3) is 5.91 Å². The van der Waals surface area contributed by atoms with Crippen molar-refractivity contribution in [1.82, 2.24) is 0 Å². The number of alkyl halides is 2. The number of hydrogen-bond donors (Lipinski definition) is 1. The van der Waals surface area contributed by atoms with E-state index >= 15 is 0 Å². The van der Waals surface area contributed by atoms with Crippen LogP contribution in [0.4, 0.5) is 14.5 Å². The van der Waals surface area contributed by atoms with Gasteiger partial charge in [-0.1, -0.05) is 37.6 Å². The molecule has 0 aliphatic carbocycles. The van der Waals surface area contributed by atoms with E-state index in [9.17, 15) is 18.8 Å². The average molecular weight is 370 g/mol. The molecule has 27 heavy (non-hydrogen) atoms. The number of benzene rings is 2. The van der Waals surface area contributed by atoms with E-state index in [1.807, 2.05) is 18.2 Å². The van der Waals surface area contributed by atoms with Crippen molar-refractivity contribution in [2.24, 2.45) is 0 Å². The van der Waals surface area contributed by atoms with E-state index in [1.54, 1.807) is 12.1 Å². The molecule has 0 aliphatic rings. The molecule has 0 bridgehead atoms. The molecule has 2 rings (SSSR count). The smallest absolute Gasteiger partial charge is 0.387 e. The molecular weight excluding hydrogens is 350 g/mol. The van der Waals surface area contributed by atoms with Gasteiger partial charge in [-0.2, -0.15) is 14.0 Å². The minimum atomic E-state index is -2.90. The Hall–Kier alpha value is -3.20. The number of carbonyl (C=O) groups excluding carboxylic acids is 1. The highest BCUT2D eigenvalue weighted by Gasteiger charge is 2.10. The zero-order chi connectivity index (χ0) is 19.6. The summed E-state index contributed by atoms with van der Waals surface area (Å²) in [5, 5.41) is 11.9. The number of nitriles is 1. The number of unbranched alkanes of at least 4 members (excludes halogenated alkanes) is 1. The van der Waals surface area contributed by atoms with Gasteiger partial charge in [0.05, 0.1) is 0 Å². The molecule has 0 atom stereocenters. The van der Waals surface area contributed by atoms with Gasteiger partial charge in [0.2, 0.25) is 0 Å². The molecule has 1 N–H and O–H groups in total. The molecule has 2 aromatic carbocycles. The number of anilines is 1. The SMILES string of the molecule is CCCCc1ccc(NC(=O)/C(C#N)=C/c2ccc(OC(F)F)cc2)cc1. The van der Waals surface area contributed by atoms with E-state index < -0.39 is 12.5 Å². The predicted molar refractivity (Wildman–Crippen MR) is 100 cm³/mol. The van der Waals surface area contributed by atoms with Crippen LogP contribution in [-0.4, -0.2) is 12.5 Å². The van der Waals surface area contributed by atoms with Gasteiger partial charge >= 0.3 is 6.61 Å². The van der Waals surface area contributed by atoms with Crippen LogP contribution in [0, 0.1) is 11.3 Å². The van der Waals surface area contributed by atoms with Crippen LogP contribution in [0.5, 0.6) is 5.75 Å². The van der Waals surface area contributed by atoms with Crippen molar-refractivity contribution in [2.75, 3.05) is 5.32 Å². The Balaban J connectivity index is 2.04. The molecule has 6 heteroatoms. The molecule has 0 aromatic heterocycles. The van der Waals surface area contributed by atoms with E-state index in [4.69, 9.17) is 0 Å². The molecule has 0 saturated carbocycles. The van der Waals surface area contributed by atoms with Gasteiger partial charge < -0.3 is 10.1 Å². The predicted octanol–water partition coefficient (Wildman–Crippen LogP) is 5.18. The molecule has 2 aromatic rings. The number of hydrogen-bond acceptors (Lipinski definition) is 3. The van der Waals surface area contributed by atoms with Crippen LogP contribution in [0.3, 0.4) is 0 Å². The lowest BCUT2D eigenvalue weighted by Gasteiger charge is -2.06. The second-order valence-electron chi connectivity index (χ2n) is 5.87. The quantitative estimate of drug-likeness (QED) is 0.515. The first-order valence-electron chi connectivity index (χ1n) is 8.58. The summed E-state index contributed by atoms with van der Waals surface area (Å²) in [6.07, 6.45) is 4.59. The third kappa shape index (κ3) is 6.55. The highest BCUT2D eigenvalue weighted by atomic mass is 19.3. The van der Waals surface area contributed by atoms with Crippen molar-refractivity contribution in [1.29, 1.82) is 5.26 Å². The summed E-state index contributed by atoms with van der Waals surface area (Å²) >= 11 is 0. The fourth-order valence-corrected chi connectivity index (χ4v) is 2.39. The summed E-state index contributed by atoms with van der Waals surface area (Å²) < 4.78 is 28.6. The first kappa shape index (κ1) is 20.1. The van der Waals surface area contributed by atoms with E-state index in [0.717, 1.165) is 19.3 Å². The molecule has 0 radical (unpaired) electrons. The Morgan fingerprint density at radius 3 is 2.41 bits per heavy atom. The Labute approximate surface area is 157 Å². The second-order valence-corrected chi connectivity index (χ2v) is 5.87. The summed E-state index contributed by atoms with van der Waals surface area (Å²) in [5.41, 5.74) is 2.23. The van der Waals surface area contributed by atoms with Crippen molar-refractivity contribution in [3.63, 3.8) is 0 Å². The molecular formula is C21H20F2N2O2. The minimum absolute atomic E-state index is 0.00766. The third-order valence-electron chi connectivity index (χ3n) is 3.81.